The van der Waals surface area contributed by atoms with Crippen molar-refractivity contribution < 1.29 is 9.47 Å². The van der Waals surface area contributed by atoms with Gasteiger partial charge in [-0.05, 0) is 50.9 Å². The lowest BCUT2D eigenvalue weighted by Gasteiger charge is -2.27. The van der Waals surface area contributed by atoms with Crippen molar-refractivity contribution in [1.82, 2.24) is 0 Å². The van der Waals surface area contributed by atoms with Gasteiger partial charge >= 0.3 is 0 Å². The smallest absolute Gasteiger partial charge is 0.0576 e. The first-order valence-electron chi connectivity index (χ1n) is 6.81. The quantitative estimate of drug-likeness (QED) is 0.782. The lowest BCUT2D eigenvalue weighted by molar-refractivity contribution is 0.0424. The topological polar surface area (TPSA) is 44.5 Å². The molecule has 3 atom stereocenters. The molecule has 3 heteroatoms. The molecule has 0 aliphatic carbocycles. The Balaban J connectivity index is 1.57. The lowest BCUT2D eigenvalue weighted by atomic mass is 9.90. The standard InChI is InChI=1S/C13H25NO2/c14-13(11-4-2-8-15-10-11)7-1-5-12-6-3-9-16-12/h11-13H,1-10,14H2. The van der Waals surface area contributed by atoms with Crippen LogP contribution in [0.25, 0.3) is 0 Å². The molecule has 0 aromatic heterocycles. The summed E-state index contributed by atoms with van der Waals surface area (Å²) in [5, 5.41) is 0. The summed E-state index contributed by atoms with van der Waals surface area (Å²) in [5.41, 5.74) is 6.21. The second-order valence-electron chi connectivity index (χ2n) is 5.21. The van der Waals surface area contributed by atoms with Crippen LogP contribution in [0.5, 0.6) is 0 Å². The third-order valence-electron chi connectivity index (χ3n) is 3.89. The molecule has 3 nitrogen and oxygen atoms in total. The largest absolute Gasteiger partial charge is 0.381 e. The van der Waals surface area contributed by atoms with Gasteiger partial charge < -0.3 is 15.2 Å². The molecule has 2 aliphatic heterocycles. The molecule has 2 heterocycles. The zero-order valence-electron chi connectivity index (χ0n) is 10.2. The summed E-state index contributed by atoms with van der Waals surface area (Å²) in [5.74, 6) is 0.596. The van der Waals surface area contributed by atoms with Gasteiger partial charge in [0.15, 0.2) is 0 Å². The monoisotopic (exact) mass is 227 g/mol. The fraction of sp³-hybridized carbons (Fsp3) is 1.00. The van der Waals surface area contributed by atoms with Gasteiger partial charge in [-0.2, -0.15) is 0 Å². The predicted molar refractivity (Wildman–Crippen MR) is 64.3 cm³/mol. The maximum atomic E-state index is 6.21. The summed E-state index contributed by atoms with van der Waals surface area (Å²) in [7, 11) is 0. The average molecular weight is 227 g/mol. The van der Waals surface area contributed by atoms with E-state index in [0.29, 0.717) is 18.1 Å². The molecule has 2 aliphatic rings. The van der Waals surface area contributed by atoms with Crippen molar-refractivity contribution in [2.75, 3.05) is 19.8 Å². The molecule has 16 heavy (non-hydrogen) atoms. The Hall–Kier alpha value is -0.120. The van der Waals surface area contributed by atoms with Gasteiger partial charge in [-0.25, -0.2) is 0 Å². The normalized spacial score (nSPS) is 32.8. The Labute approximate surface area is 98.7 Å². The fourth-order valence-corrected chi connectivity index (χ4v) is 2.79. The van der Waals surface area contributed by atoms with Gasteiger partial charge in [-0.3, -0.25) is 0 Å². The molecule has 0 saturated carbocycles. The molecule has 0 spiro atoms. The molecule has 2 rings (SSSR count). The summed E-state index contributed by atoms with van der Waals surface area (Å²) >= 11 is 0. The Kier molecular flexibility index (Phi) is 5.07. The van der Waals surface area contributed by atoms with Crippen molar-refractivity contribution in [3.05, 3.63) is 0 Å². The predicted octanol–water partition coefficient (Wildman–Crippen LogP) is 2.09. The van der Waals surface area contributed by atoms with Crippen molar-refractivity contribution in [3.63, 3.8) is 0 Å². The fourth-order valence-electron chi connectivity index (χ4n) is 2.79. The van der Waals surface area contributed by atoms with E-state index in [1.54, 1.807) is 0 Å². The molecule has 0 radical (unpaired) electrons. The molecule has 0 aromatic carbocycles. The molecule has 0 bridgehead atoms. The highest BCUT2D eigenvalue weighted by molar-refractivity contribution is 4.76. The molecule has 94 valence electrons. The molecule has 2 fully saturated rings. The maximum Gasteiger partial charge on any atom is 0.0576 e. The van der Waals surface area contributed by atoms with Crippen molar-refractivity contribution >= 4 is 0 Å². The Morgan fingerprint density at radius 3 is 2.75 bits per heavy atom. The average Bonchev–Trinajstić information content (AvgIpc) is 2.83. The van der Waals surface area contributed by atoms with Crippen LogP contribution in [0.3, 0.4) is 0 Å². The SMILES string of the molecule is NC(CCCC1CCCO1)C1CCCOC1. The first kappa shape index (κ1) is 12.3. The van der Waals surface area contributed by atoms with Crippen LogP contribution in [0.4, 0.5) is 0 Å². The Morgan fingerprint density at radius 1 is 1.19 bits per heavy atom. The highest BCUT2D eigenvalue weighted by Gasteiger charge is 2.21. The number of hydrogen-bond donors (Lipinski definition) is 1. The van der Waals surface area contributed by atoms with Crippen LogP contribution >= 0.6 is 0 Å². The first-order chi connectivity index (χ1) is 7.86. The van der Waals surface area contributed by atoms with E-state index >= 15 is 0 Å². The minimum absolute atomic E-state index is 0.335. The van der Waals surface area contributed by atoms with E-state index in [4.69, 9.17) is 15.2 Å². The van der Waals surface area contributed by atoms with E-state index < -0.39 is 0 Å². The molecule has 0 amide bonds. The minimum atomic E-state index is 0.335. The highest BCUT2D eigenvalue weighted by Crippen LogP contribution is 2.22. The van der Waals surface area contributed by atoms with Gasteiger partial charge in [0, 0.05) is 19.3 Å². The van der Waals surface area contributed by atoms with Gasteiger partial charge in [-0.1, -0.05) is 0 Å². The number of ether oxygens (including phenoxy) is 2. The molecule has 3 unspecified atom stereocenters. The Morgan fingerprint density at radius 2 is 2.06 bits per heavy atom. The van der Waals surface area contributed by atoms with Crippen molar-refractivity contribution in [2.45, 2.75) is 57.1 Å². The zero-order valence-corrected chi connectivity index (χ0v) is 10.2. The molecular formula is C13H25NO2. The van der Waals surface area contributed by atoms with E-state index in [1.165, 1.54) is 38.5 Å². The van der Waals surface area contributed by atoms with Gasteiger partial charge in [0.1, 0.15) is 0 Å². The summed E-state index contributed by atoms with van der Waals surface area (Å²) in [6, 6.07) is 0.335. The number of rotatable bonds is 5. The summed E-state index contributed by atoms with van der Waals surface area (Å²) < 4.78 is 11.1. The number of nitrogens with two attached hydrogens (primary N) is 1. The van der Waals surface area contributed by atoms with E-state index in [-0.39, 0.29) is 0 Å². The van der Waals surface area contributed by atoms with Gasteiger partial charge in [0.25, 0.3) is 0 Å². The molecule has 2 saturated heterocycles. The summed E-state index contributed by atoms with van der Waals surface area (Å²) in [4.78, 5) is 0. The number of hydrogen-bond acceptors (Lipinski definition) is 3. The van der Waals surface area contributed by atoms with E-state index in [0.717, 1.165) is 26.2 Å². The van der Waals surface area contributed by atoms with Crippen LogP contribution in [0.2, 0.25) is 0 Å². The second-order valence-corrected chi connectivity index (χ2v) is 5.21. The van der Waals surface area contributed by atoms with Crippen molar-refractivity contribution in [1.29, 1.82) is 0 Å². The Bertz CT molecular complexity index is 186. The van der Waals surface area contributed by atoms with Gasteiger partial charge in [-0.15, -0.1) is 0 Å². The second kappa shape index (κ2) is 6.58. The van der Waals surface area contributed by atoms with E-state index in [9.17, 15) is 0 Å². The van der Waals surface area contributed by atoms with E-state index in [2.05, 4.69) is 0 Å². The zero-order chi connectivity index (χ0) is 11.2. The van der Waals surface area contributed by atoms with Gasteiger partial charge in [0.2, 0.25) is 0 Å². The third kappa shape index (κ3) is 3.72. The van der Waals surface area contributed by atoms with E-state index in [1.807, 2.05) is 0 Å². The van der Waals surface area contributed by atoms with Crippen LogP contribution in [0, 0.1) is 5.92 Å². The van der Waals surface area contributed by atoms with Crippen LogP contribution in [0.15, 0.2) is 0 Å². The first-order valence-corrected chi connectivity index (χ1v) is 6.81. The lowest BCUT2D eigenvalue weighted by Crippen LogP contribution is -2.35. The van der Waals surface area contributed by atoms with Crippen molar-refractivity contribution in [2.24, 2.45) is 11.7 Å². The van der Waals surface area contributed by atoms with Crippen LogP contribution in [0.1, 0.15) is 44.9 Å². The van der Waals surface area contributed by atoms with Crippen LogP contribution in [-0.4, -0.2) is 32.0 Å². The highest BCUT2D eigenvalue weighted by atomic mass is 16.5. The maximum absolute atomic E-state index is 6.21. The van der Waals surface area contributed by atoms with Gasteiger partial charge in [0.05, 0.1) is 12.7 Å². The van der Waals surface area contributed by atoms with Crippen molar-refractivity contribution in [3.8, 4) is 0 Å². The minimum Gasteiger partial charge on any atom is -0.381 e. The molecular weight excluding hydrogens is 202 g/mol. The third-order valence-corrected chi connectivity index (χ3v) is 3.89. The molecule has 0 aromatic rings. The molecule has 2 N–H and O–H groups in total. The van der Waals surface area contributed by atoms with Crippen LogP contribution in [-0.2, 0) is 9.47 Å². The van der Waals surface area contributed by atoms with Crippen LogP contribution < -0.4 is 5.73 Å². The summed E-state index contributed by atoms with van der Waals surface area (Å²) in [6.07, 6.45) is 8.99. The summed E-state index contributed by atoms with van der Waals surface area (Å²) in [6.45, 7) is 2.77.